The van der Waals surface area contributed by atoms with Crippen molar-refractivity contribution in [3.05, 3.63) is 35.3 Å². The molecule has 2 aromatic rings. The van der Waals surface area contributed by atoms with Gasteiger partial charge in [-0.1, -0.05) is 13.0 Å². The van der Waals surface area contributed by atoms with Gasteiger partial charge in [0, 0.05) is 57.8 Å². The summed E-state index contributed by atoms with van der Waals surface area (Å²) < 4.78 is 46.6. The Kier molecular flexibility index (Phi) is 8.74. The number of Topliss-reactive ketones (excluding diaryl/α,β-unsaturated/α-hetero) is 1. The number of halogens is 3. The maximum atomic E-state index is 13.7. The SMILES string of the molecule is CC1CCCN(c2nc(C(F)(F)F)c(C(=O)Cc3ccc(N4CCN(C(=O)C5CCC(C(=O)O)CC5)CC4)nc3)o2)C1. The number of pyridine rings is 1. The van der Waals surface area contributed by atoms with Gasteiger partial charge in [-0.3, -0.25) is 14.4 Å². The van der Waals surface area contributed by atoms with Crippen molar-refractivity contribution < 1.29 is 37.1 Å². The largest absolute Gasteiger partial charge is 0.481 e. The number of carbonyl (C=O) groups excluding carboxylic acids is 2. The number of anilines is 2. The third-order valence-electron chi connectivity index (χ3n) is 8.58. The van der Waals surface area contributed by atoms with Gasteiger partial charge in [0.15, 0.2) is 5.69 Å². The lowest BCUT2D eigenvalue weighted by Crippen LogP contribution is -2.51. The predicted molar refractivity (Wildman–Crippen MR) is 146 cm³/mol. The maximum Gasteiger partial charge on any atom is 0.437 e. The molecule has 1 atom stereocenters. The Bertz CT molecular complexity index is 1280. The fraction of sp³-hybridized carbons (Fsp3) is 0.621. The molecule has 1 N–H and O–H groups in total. The number of rotatable bonds is 7. The Morgan fingerprint density at radius 2 is 1.67 bits per heavy atom. The summed E-state index contributed by atoms with van der Waals surface area (Å²) in [4.78, 5) is 50.7. The van der Waals surface area contributed by atoms with Crippen LogP contribution in [0.1, 0.15) is 67.3 Å². The van der Waals surface area contributed by atoms with Crippen LogP contribution in [0.5, 0.6) is 0 Å². The normalized spacial score (nSPS) is 23.6. The van der Waals surface area contributed by atoms with Gasteiger partial charge in [0.25, 0.3) is 6.01 Å². The molecule has 13 heteroatoms. The highest BCUT2D eigenvalue weighted by molar-refractivity contribution is 5.96. The quantitative estimate of drug-likeness (QED) is 0.470. The standard InChI is InChI=1S/C29H36F3N5O5/c1-18-3-2-10-37(17-18)28-34-25(29(30,31)32)24(42-28)22(38)15-19-4-9-23(33-16-19)35-11-13-36(14-12-35)26(39)20-5-7-21(8-6-20)27(40)41/h4,9,16,18,20-21H,2-3,5-8,10-15,17H2,1H3,(H,40,41). The van der Waals surface area contributed by atoms with Crippen molar-refractivity contribution in [2.75, 3.05) is 49.1 Å². The second-order valence-electron chi connectivity index (χ2n) is 11.7. The molecule has 2 aromatic heterocycles. The van der Waals surface area contributed by atoms with Gasteiger partial charge in [0.05, 0.1) is 5.92 Å². The Morgan fingerprint density at radius 3 is 2.26 bits per heavy atom. The Hall–Kier alpha value is -3.64. The molecule has 1 aliphatic carbocycles. The zero-order valence-electron chi connectivity index (χ0n) is 23.6. The number of oxazole rings is 1. The van der Waals surface area contributed by atoms with Crippen molar-refractivity contribution in [1.29, 1.82) is 0 Å². The number of carbonyl (C=O) groups is 3. The van der Waals surface area contributed by atoms with Gasteiger partial charge >= 0.3 is 12.1 Å². The number of piperidine rings is 1. The zero-order chi connectivity index (χ0) is 30.0. The molecular formula is C29H36F3N5O5. The van der Waals surface area contributed by atoms with Crippen LogP contribution >= 0.6 is 0 Å². The van der Waals surface area contributed by atoms with E-state index in [2.05, 4.69) is 9.97 Å². The zero-order valence-corrected chi connectivity index (χ0v) is 23.6. The second kappa shape index (κ2) is 12.3. The average Bonchev–Trinajstić information content (AvgIpc) is 3.44. The highest BCUT2D eigenvalue weighted by Gasteiger charge is 2.42. The van der Waals surface area contributed by atoms with Gasteiger partial charge in [0.2, 0.25) is 17.5 Å². The minimum absolute atomic E-state index is 0.0731. The van der Waals surface area contributed by atoms with E-state index in [1.807, 2.05) is 16.7 Å². The molecule has 3 aliphatic rings. The fourth-order valence-electron chi connectivity index (χ4n) is 6.16. The van der Waals surface area contributed by atoms with Crippen molar-refractivity contribution in [3.8, 4) is 0 Å². The second-order valence-corrected chi connectivity index (χ2v) is 11.7. The smallest absolute Gasteiger partial charge is 0.437 e. The molecule has 1 amide bonds. The van der Waals surface area contributed by atoms with Crippen molar-refractivity contribution in [1.82, 2.24) is 14.9 Å². The average molecular weight is 592 g/mol. The number of piperazine rings is 1. The van der Waals surface area contributed by atoms with Crippen LogP contribution in [0.3, 0.4) is 0 Å². The van der Waals surface area contributed by atoms with Crippen molar-refractivity contribution in [2.45, 2.75) is 58.0 Å². The van der Waals surface area contributed by atoms with Crippen LogP contribution in [0.25, 0.3) is 0 Å². The van der Waals surface area contributed by atoms with Gasteiger partial charge in [-0.2, -0.15) is 18.2 Å². The van der Waals surface area contributed by atoms with E-state index < -0.39 is 29.4 Å². The van der Waals surface area contributed by atoms with Crippen LogP contribution in [-0.2, 0) is 22.2 Å². The molecule has 0 aromatic carbocycles. The molecule has 1 unspecified atom stereocenters. The number of ketones is 1. The number of aromatic nitrogens is 2. The van der Waals surface area contributed by atoms with Crippen LogP contribution < -0.4 is 9.80 Å². The van der Waals surface area contributed by atoms with Crippen LogP contribution in [-0.4, -0.2) is 76.9 Å². The predicted octanol–water partition coefficient (Wildman–Crippen LogP) is 4.29. The van der Waals surface area contributed by atoms with Gasteiger partial charge in [-0.15, -0.1) is 0 Å². The number of carboxylic acids is 1. The molecule has 2 saturated heterocycles. The Morgan fingerprint density at radius 1 is 0.976 bits per heavy atom. The van der Waals surface area contributed by atoms with Gasteiger partial charge in [-0.05, 0) is 56.1 Å². The lowest BCUT2D eigenvalue weighted by Gasteiger charge is -2.38. The van der Waals surface area contributed by atoms with Crippen LogP contribution in [0.15, 0.2) is 22.7 Å². The Balaban J connectivity index is 1.17. The summed E-state index contributed by atoms with van der Waals surface area (Å²) in [5, 5.41) is 9.18. The first kappa shape index (κ1) is 29.8. The fourth-order valence-corrected chi connectivity index (χ4v) is 6.16. The molecule has 4 heterocycles. The summed E-state index contributed by atoms with van der Waals surface area (Å²) in [5.74, 6) is -1.87. The molecule has 5 rings (SSSR count). The van der Waals surface area contributed by atoms with Gasteiger partial charge in [0.1, 0.15) is 5.82 Å². The molecule has 228 valence electrons. The number of carboxylic acid groups (broad SMARTS) is 1. The highest BCUT2D eigenvalue weighted by atomic mass is 19.4. The molecule has 0 radical (unpaired) electrons. The minimum Gasteiger partial charge on any atom is -0.481 e. The first-order valence-electron chi connectivity index (χ1n) is 14.6. The lowest BCUT2D eigenvalue weighted by atomic mass is 9.81. The van der Waals surface area contributed by atoms with Crippen molar-refractivity contribution in [3.63, 3.8) is 0 Å². The number of hydrogen-bond donors (Lipinski definition) is 1. The number of hydrogen-bond acceptors (Lipinski definition) is 8. The van der Waals surface area contributed by atoms with E-state index in [1.165, 1.54) is 6.20 Å². The van der Waals surface area contributed by atoms with Crippen molar-refractivity contribution in [2.24, 2.45) is 17.8 Å². The topological polar surface area (TPSA) is 120 Å². The van der Waals surface area contributed by atoms with Crippen LogP contribution in [0.2, 0.25) is 0 Å². The third kappa shape index (κ3) is 6.70. The molecule has 3 fully saturated rings. The van der Waals surface area contributed by atoms with E-state index in [9.17, 15) is 32.7 Å². The molecule has 0 bridgehead atoms. The summed E-state index contributed by atoms with van der Waals surface area (Å²) >= 11 is 0. The molecule has 0 spiro atoms. The van der Waals surface area contributed by atoms with E-state index in [0.29, 0.717) is 76.3 Å². The number of amides is 1. The monoisotopic (exact) mass is 591 g/mol. The lowest BCUT2D eigenvalue weighted by molar-refractivity contribution is -0.145. The molecule has 2 aliphatic heterocycles. The van der Waals surface area contributed by atoms with E-state index in [0.717, 1.165) is 12.8 Å². The maximum absolute atomic E-state index is 13.7. The minimum atomic E-state index is -4.82. The van der Waals surface area contributed by atoms with Crippen molar-refractivity contribution >= 4 is 29.5 Å². The van der Waals surface area contributed by atoms with Gasteiger partial charge < -0.3 is 24.2 Å². The Labute approximate surface area is 241 Å². The van der Waals surface area contributed by atoms with E-state index in [-0.39, 0.29) is 36.1 Å². The van der Waals surface area contributed by atoms with Crippen LogP contribution in [0.4, 0.5) is 25.0 Å². The number of nitrogens with zero attached hydrogens (tertiary/aromatic N) is 5. The summed E-state index contributed by atoms with van der Waals surface area (Å²) in [6.45, 7) is 5.22. The number of aliphatic carboxylic acids is 1. The summed E-state index contributed by atoms with van der Waals surface area (Å²) in [6.07, 6.45) is 0.364. The molecule has 10 nitrogen and oxygen atoms in total. The highest BCUT2D eigenvalue weighted by Crippen LogP contribution is 2.36. The summed E-state index contributed by atoms with van der Waals surface area (Å²) in [5.41, 5.74) is -0.847. The van der Waals surface area contributed by atoms with E-state index in [4.69, 9.17) is 4.42 Å². The summed E-state index contributed by atoms with van der Waals surface area (Å²) in [7, 11) is 0. The first-order chi connectivity index (χ1) is 20.0. The molecule has 1 saturated carbocycles. The van der Waals surface area contributed by atoms with Crippen LogP contribution in [0, 0.1) is 17.8 Å². The van der Waals surface area contributed by atoms with E-state index in [1.54, 1.807) is 17.0 Å². The molecular weight excluding hydrogens is 555 g/mol. The number of alkyl halides is 3. The summed E-state index contributed by atoms with van der Waals surface area (Å²) in [6, 6.07) is 3.21. The first-order valence-corrected chi connectivity index (χ1v) is 14.6. The van der Waals surface area contributed by atoms with E-state index >= 15 is 0 Å². The van der Waals surface area contributed by atoms with Gasteiger partial charge in [-0.25, -0.2) is 4.98 Å². The third-order valence-corrected chi connectivity index (χ3v) is 8.58. The molecule has 42 heavy (non-hydrogen) atoms.